The predicted octanol–water partition coefficient (Wildman–Crippen LogP) is 2.47. The SMILES string of the molecule is CNCCc1c(C)nn(Cc2cncc(Br)c2)c1C. The number of rotatable bonds is 5. The van der Waals surface area contributed by atoms with Crippen LogP contribution in [0.4, 0.5) is 0 Å². The van der Waals surface area contributed by atoms with Gasteiger partial charge in [-0.25, -0.2) is 0 Å². The highest BCUT2D eigenvalue weighted by molar-refractivity contribution is 9.10. The first-order valence-electron chi connectivity index (χ1n) is 6.38. The molecular weight excluding hydrogens is 304 g/mol. The smallest absolute Gasteiger partial charge is 0.0678 e. The van der Waals surface area contributed by atoms with Gasteiger partial charge in [0.15, 0.2) is 0 Å². The van der Waals surface area contributed by atoms with Gasteiger partial charge in [-0.1, -0.05) is 0 Å². The van der Waals surface area contributed by atoms with E-state index in [1.54, 1.807) is 6.20 Å². The summed E-state index contributed by atoms with van der Waals surface area (Å²) >= 11 is 3.45. The van der Waals surface area contributed by atoms with Gasteiger partial charge >= 0.3 is 0 Å². The molecule has 2 aromatic heterocycles. The third-order valence-electron chi connectivity index (χ3n) is 3.25. The molecule has 0 spiro atoms. The monoisotopic (exact) mass is 322 g/mol. The fraction of sp³-hybridized carbons (Fsp3) is 0.429. The van der Waals surface area contributed by atoms with Crippen molar-refractivity contribution >= 4 is 15.9 Å². The third kappa shape index (κ3) is 3.42. The lowest BCUT2D eigenvalue weighted by molar-refractivity contribution is 0.655. The van der Waals surface area contributed by atoms with Crippen LogP contribution >= 0.6 is 15.9 Å². The summed E-state index contributed by atoms with van der Waals surface area (Å²) in [6, 6.07) is 2.08. The van der Waals surface area contributed by atoms with E-state index in [0.29, 0.717) is 0 Å². The molecule has 0 saturated heterocycles. The van der Waals surface area contributed by atoms with Gasteiger partial charge in [-0.2, -0.15) is 5.10 Å². The summed E-state index contributed by atoms with van der Waals surface area (Å²) in [5.41, 5.74) is 4.86. The Morgan fingerprint density at radius 2 is 2.11 bits per heavy atom. The minimum atomic E-state index is 0.763. The maximum atomic E-state index is 4.63. The molecule has 102 valence electrons. The Hall–Kier alpha value is -1.20. The van der Waals surface area contributed by atoms with Crippen molar-refractivity contribution in [2.45, 2.75) is 26.8 Å². The van der Waals surface area contributed by atoms with E-state index in [9.17, 15) is 0 Å². The largest absolute Gasteiger partial charge is 0.319 e. The zero-order valence-electron chi connectivity index (χ0n) is 11.6. The Morgan fingerprint density at radius 1 is 1.32 bits per heavy atom. The highest BCUT2D eigenvalue weighted by atomic mass is 79.9. The van der Waals surface area contributed by atoms with Crippen LogP contribution in [0.1, 0.15) is 22.5 Å². The highest BCUT2D eigenvalue weighted by Gasteiger charge is 2.11. The lowest BCUT2D eigenvalue weighted by Gasteiger charge is -2.06. The normalized spacial score (nSPS) is 10.9. The summed E-state index contributed by atoms with van der Waals surface area (Å²) in [5.74, 6) is 0. The molecule has 2 heterocycles. The molecule has 0 radical (unpaired) electrons. The number of aryl methyl sites for hydroxylation is 1. The first-order valence-corrected chi connectivity index (χ1v) is 7.18. The number of halogens is 1. The summed E-state index contributed by atoms with van der Waals surface area (Å²) in [7, 11) is 1.97. The minimum absolute atomic E-state index is 0.763. The fourth-order valence-corrected chi connectivity index (χ4v) is 2.63. The second-order valence-electron chi connectivity index (χ2n) is 4.67. The van der Waals surface area contributed by atoms with Crippen LogP contribution in [0, 0.1) is 13.8 Å². The molecule has 1 N–H and O–H groups in total. The molecule has 0 unspecified atom stereocenters. The first-order chi connectivity index (χ1) is 9.11. The first kappa shape index (κ1) is 14.2. The van der Waals surface area contributed by atoms with Crippen LogP contribution in [-0.2, 0) is 13.0 Å². The molecule has 0 amide bonds. The molecule has 2 rings (SSSR count). The molecule has 0 bridgehead atoms. The van der Waals surface area contributed by atoms with Crippen LogP contribution in [0.2, 0.25) is 0 Å². The van der Waals surface area contributed by atoms with Gasteiger partial charge in [-0.05, 0) is 67.0 Å². The summed E-state index contributed by atoms with van der Waals surface area (Å²) in [4.78, 5) is 4.19. The lowest BCUT2D eigenvalue weighted by Crippen LogP contribution is -2.11. The van der Waals surface area contributed by atoms with E-state index in [2.05, 4.69) is 55.9 Å². The third-order valence-corrected chi connectivity index (χ3v) is 3.68. The quantitative estimate of drug-likeness (QED) is 0.919. The maximum absolute atomic E-state index is 4.63. The van der Waals surface area contributed by atoms with Gasteiger partial charge in [0.1, 0.15) is 0 Å². The molecule has 0 fully saturated rings. The molecular formula is C14H19BrN4. The van der Waals surface area contributed by atoms with Crippen LogP contribution in [0.25, 0.3) is 0 Å². The number of aromatic nitrogens is 3. The summed E-state index contributed by atoms with van der Waals surface area (Å²) in [5, 5.41) is 7.82. The van der Waals surface area contributed by atoms with Gasteiger partial charge < -0.3 is 5.32 Å². The van der Waals surface area contributed by atoms with Crippen molar-refractivity contribution in [3.63, 3.8) is 0 Å². The summed E-state index contributed by atoms with van der Waals surface area (Å²) < 4.78 is 3.06. The summed E-state index contributed by atoms with van der Waals surface area (Å²) in [6.07, 6.45) is 4.70. The standard InChI is InChI=1S/C14H19BrN4/c1-10-14(4-5-16-3)11(2)19(18-10)9-12-6-13(15)8-17-7-12/h6-8,16H,4-5,9H2,1-3H3. The molecule has 0 aliphatic carbocycles. The summed E-state index contributed by atoms with van der Waals surface area (Å²) in [6.45, 7) is 5.95. The van der Waals surface area contributed by atoms with Crippen LogP contribution < -0.4 is 5.32 Å². The second-order valence-corrected chi connectivity index (χ2v) is 5.59. The number of hydrogen-bond acceptors (Lipinski definition) is 3. The molecule has 0 aliphatic rings. The van der Waals surface area contributed by atoms with Crippen molar-refractivity contribution in [3.05, 3.63) is 45.4 Å². The fourth-order valence-electron chi connectivity index (χ4n) is 2.22. The van der Waals surface area contributed by atoms with Gasteiger partial charge in [0.2, 0.25) is 0 Å². The van der Waals surface area contributed by atoms with E-state index in [0.717, 1.165) is 35.2 Å². The number of nitrogens with zero attached hydrogens (tertiary/aromatic N) is 3. The molecule has 4 nitrogen and oxygen atoms in total. The van der Waals surface area contributed by atoms with Crippen molar-refractivity contribution in [3.8, 4) is 0 Å². The van der Waals surface area contributed by atoms with Gasteiger partial charge in [-0.15, -0.1) is 0 Å². The Balaban J connectivity index is 2.21. The van der Waals surface area contributed by atoms with Crippen LogP contribution in [0.15, 0.2) is 22.9 Å². The van der Waals surface area contributed by atoms with Crippen LogP contribution in [-0.4, -0.2) is 28.4 Å². The Bertz CT molecular complexity index is 563. The Morgan fingerprint density at radius 3 is 2.79 bits per heavy atom. The Kier molecular flexibility index (Phi) is 4.71. The van der Waals surface area contributed by atoms with E-state index in [1.165, 1.54) is 11.3 Å². The Labute approximate surface area is 122 Å². The van der Waals surface area contributed by atoms with Crippen molar-refractivity contribution in [2.75, 3.05) is 13.6 Å². The van der Waals surface area contributed by atoms with E-state index < -0.39 is 0 Å². The predicted molar refractivity (Wildman–Crippen MR) is 80.4 cm³/mol. The zero-order chi connectivity index (χ0) is 13.8. The van der Waals surface area contributed by atoms with Crippen molar-refractivity contribution in [2.24, 2.45) is 0 Å². The van der Waals surface area contributed by atoms with E-state index >= 15 is 0 Å². The van der Waals surface area contributed by atoms with Crippen molar-refractivity contribution < 1.29 is 0 Å². The van der Waals surface area contributed by atoms with E-state index in [4.69, 9.17) is 0 Å². The van der Waals surface area contributed by atoms with Crippen LogP contribution in [0.3, 0.4) is 0 Å². The van der Waals surface area contributed by atoms with Crippen molar-refractivity contribution in [1.82, 2.24) is 20.1 Å². The molecule has 0 aromatic carbocycles. The van der Waals surface area contributed by atoms with E-state index in [-0.39, 0.29) is 0 Å². The molecule has 0 saturated carbocycles. The van der Waals surface area contributed by atoms with Crippen molar-refractivity contribution in [1.29, 1.82) is 0 Å². The number of hydrogen-bond donors (Lipinski definition) is 1. The maximum Gasteiger partial charge on any atom is 0.0678 e. The number of likely N-dealkylation sites (N-methyl/N-ethyl adjacent to an activating group) is 1. The average Bonchev–Trinajstić information content (AvgIpc) is 2.62. The van der Waals surface area contributed by atoms with Gasteiger partial charge in [-0.3, -0.25) is 9.67 Å². The molecule has 0 atom stereocenters. The van der Waals surface area contributed by atoms with E-state index in [1.807, 2.05) is 13.2 Å². The lowest BCUT2D eigenvalue weighted by atomic mass is 10.1. The molecule has 5 heteroatoms. The van der Waals surface area contributed by atoms with Gasteiger partial charge in [0, 0.05) is 22.6 Å². The highest BCUT2D eigenvalue weighted by Crippen LogP contribution is 2.16. The number of pyridine rings is 1. The van der Waals surface area contributed by atoms with Crippen LogP contribution in [0.5, 0.6) is 0 Å². The van der Waals surface area contributed by atoms with Gasteiger partial charge in [0.05, 0.1) is 12.2 Å². The number of nitrogens with one attached hydrogen (secondary N) is 1. The second kappa shape index (κ2) is 6.30. The average molecular weight is 323 g/mol. The molecule has 0 aliphatic heterocycles. The minimum Gasteiger partial charge on any atom is -0.319 e. The molecule has 2 aromatic rings. The zero-order valence-corrected chi connectivity index (χ0v) is 13.2. The molecule has 19 heavy (non-hydrogen) atoms. The topological polar surface area (TPSA) is 42.7 Å². The van der Waals surface area contributed by atoms with Gasteiger partial charge in [0.25, 0.3) is 0 Å².